The Morgan fingerprint density at radius 2 is 1.96 bits per heavy atom. The lowest BCUT2D eigenvalue weighted by Crippen LogP contribution is -2.23. The minimum Gasteiger partial charge on any atom is -0.441 e. The molecule has 0 unspecified atom stereocenters. The molecule has 4 nitrogen and oxygen atoms in total. The maximum absolute atomic E-state index is 12.0. The lowest BCUT2D eigenvalue weighted by molar-refractivity contribution is 0.0953. The first-order valence-corrected chi connectivity index (χ1v) is 7.98. The molecular formula is C19H20N2O2. The van der Waals surface area contributed by atoms with E-state index in [-0.39, 0.29) is 5.91 Å². The lowest BCUT2D eigenvalue weighted by atomic mass is 10.1. The summed E-state index contributed by atoms with van der Waals surface area (Å²) in [5.41, 5.74) is 3.32. The molecule has 0 aliphatic heterocycles. The van der Waals surface area contributed by atoms with Gasteiger partial charge in [0.1, 0.15) is 5.52 Å². The number of carbonyl (C=O) groups excluding carboxylic acids is 1. The highest BCUT2D eigenvalue weighted by atomic mass is 16.3. The van der Waals surface area contributed by atoms with Crippen LogP contribution in [0.25, 0.3) is 11.1 Å². The SMILES string of the molecule is CCCNC(=O)c1ccc2nc(CCc3ccccc3)oc2c1. The number of hydrogen-bond donors (Lipinski definition) is 1. The number of aryl methyl sites for hydroxylation is 2. The summed E-state index contributed by atoms with van der Waals surface area (Å²) in [6.45, 7) is 2.70. The Hall–Kier alpha value is -2.62. The average molecular weight is 308 g/mol. The van der Waals surface area contributed by atoms with Gasteiger partial charge in [-0.15, -0.1) is 0 Å². The van der Waals surface area contributed by atoms with Crippen LogP contribution in [0.1, 0.15) is 35.2 Å². The molecule has 0 saturated carbocycles. The van der Waals surface area contributed by atoms with Gasteiger partial charge in [-0.3, -0.25) is 4.79 Å². The molecule has 1 aromatic heterocycles. The topological polar surface area (TPSA) is 55.1 Å². The van der Waals surface area contributed by atoms with E-state index in [0.717, 1.165) is 24.8 Å². The number of aromatic nitrogens is 1. The minimum absolute atomic E-state index is 0.0732. The number of carbonyl (C=O) groups is 1. The summed E-state index contributed by atoms with van der Waals surface area (Å²) in [5, 5.41) is 2.87. The molecule has 0 aliphatic rings. The molecule has 0 atom stereocenters. The molecule has 0 radical (unpaired) electrons. The van der Waals surface area contributed by atoms with Crippen LogP contribution in [-0.4, -0.2) is 17.4 Å². The van der Waals surface area contributed by atoms with E-state index in [1.54, 1.807) is 12.1 Å². The zero-order valence-corrected chi connectivity index (χ0v) is 13.2. The second-order valence-corrected chi connectivity index (χ2v) is 5.53. The van der Waals surface area contributed by atoms with E-state index in [9.17, 15) is 4.79 Å². The highest BCUT2D eigenvalue weighted by Crippen LogP contribution is 2.18. The van der Waals surface area contributed by atoms with Crippen LogP contribution in [0.4, 0.5) is 0 Å². The molecule has 4 heteroatoms. The van der Waals surface area contributed by atoms with Gasteiger partial charge in [-0.2, -0.15) is 0 Å². The fourth-order valence-electron chi connectivity index (χ4n) is 2.46. The van der Waals surface area contributed by atoms with Crippen molar-refractivity contribution < 1.29 is 9.21 Å². The van der Waals surface area contributed by atoms with E-state index in [2.05, 4.69) is 22.4 Å². The molecule has 1 amide bonds. The van der Waals surface area contributed by atoms with Gasteiger partial charge in [0.25, 0.3) is 5.91 Å². The van der Waals surface area contributed by atoms with Crippen LogP contribution in [0.3, 0.4) is 0 Å². The van der Waals surface area contributed by atoms with Crippen LogP contribution in [0.15, 0.2) is 52.9 Å². The largest absolute Gasteiger partial charge is 0.441 e. The number of hydrogen-bond acceptors (Lipinski definition) is 3. The van der Waals surface area contributed by atoms with Gasteiger partial charge < -0.3 is 9.73 Å². The van der Waals surface area contributed by atoms with Crippen molar-refractivity contribution in [2.24, 2.45) is 0 Å². The summed E-state index contributed by atoms with van der Waals surface area (Å²) in [4.78, 5) is 16.5. The molecule has 0 aliphatic carbocycles. The molecular weight excluding hydrogens is 288 g/mol. The summed E-state index contributed by atoms with van der Waals surface area (Å²) < 4.78 is 5.79. The van der Waals surface area contributed by atoms with Crippen molar-refractivity contribution in [1.82, 2.24) is 10.3 Å². The van der Waals surface area contributed by atoms with Crippen LogP contribution < -0.4 is 5.32 Å². The van der Waals surface area contributed by atoms with Crippen molar-refractivity contribution in [2.45, 2.75) is 26.2 Å². The molecule has 0 spiro atoms. The van der Waals surface area contributed by atoms with Crippen molar-refractivity contribution >= 4 is 17.0 Å². The van der Waals surface area contributed by atoms with Crippen LogP contribution in [0.2, 0.25) is 0 Å². The van der Waals surface area contributed by atoms with Gasteiger partial charge in [0.05, 0.1) is 0 Å². The van der Waals surface area contributed by atoms with Gasteiger partial charge >= 0.3 is 0 Å². The summed E-state index contributed by atoms with van der Waals surface area (Å²) in [6, 6.07) is 15.7. The Bertz CT molecular complexity index is 793. The number of nitrogens with one attached hydrogen (secondary N) is 1. The van der Waals surface area contributed by atoms with E-state index in [1.165, 1.54) is 5.56 Å². The predicted molar refractivity (Wildman–Crippen MR) is 90.5 cm³/mol. The van der Waals surface area contributed by atoms with Crippen LogP contribution in [0.5, 0.6) is 0 Å². The molecule has 0 saturated heterocycles. The number of amides is 1. The summed E-state index contributed by atoms with van der Waals surface area (Å²) in [7, 11) is 0. The van der Waals surface area contributed by atoms with Crippen molar-refractivity contribution in [3.05, 3.63) is 65.5 Å². The monoisotopic (exact) mass is 308 g/mol. The first-order chi connectivity index (χ1) is 11.3. The van der Waals surface area contributed by atoms with Crippen LogP contribution in [0, 0.1) is 0 Å². The molecule has 0 fully saturated rings. The standard InChI is InChI=1S/C19H20N2O2/c1-2-12-20-19(22)15-9-10-16-17(13-15)23-18(21-16)11-8-14-6-4-3-5-7-14/h3-7,9-10,13H,2,8,11-12H2,1H3,(H,20,22). The normalized spacial score (nSPS) is 10.8. The van der Waals surface area contributed by atoms with Crippen molar-refractivity contribution in [3.8, 4) is 0 Å². The van der Waals surface area contributed by atoms with Crippen molar-refractivity contribution in [2.75, 3.05) is 6.54 Å². The molecule has 118 valence electrons. The van der Waals surface area contributed by atoms with E-state index in [0.29, 0.717) is 23.6 Å². The van der Waals surface area contributed by atoms with Crippen molar-refractivity contribution in [3.63, 3.8) is 0 Å². The Labute approximate surface area is 135 Å². The van der Waals surface area contributed by atoms with Gasteiger partial charge in [-0.1, -0.05) is 37.3 Å². The molecule has 3 aromatic rings. The van der Waals surface area contributed by atoms with Gasteiger partial charge in [-0.05, 0) is 36.6 Å². The van der Waals surface area contributed by atoms with Gasteiger partial charge in [0.15, 0.2) is 11.5 Å². The molecule has 3 rings (SSSR count). The molecule has 2 aromatic carbocycles. The molecule has 0 bridgehead atoms. The zero-order valence-electron chi connectivity index (χ0n) is 13.2. The second kappa shape index (κ2) is 7.09. The Morgan fingerprint density at radius 1 is 1.13 bits per heavy atom. The molecule has 1 N–H and O–H groups in total. The van der Waals surface area contributed by atoms with Crippen molar-refractivity contribution in [1.29, 1.82) is 0 Å². The smallest absolute Gasteiger partial charge is 0.251 e. The first kappa shape index (κ1) is 15.3. The zero-order chi connectivity index (χ0) is 16.1. The van der Waals surface area contributed by atoms with Crippen LogP contribution >= 0.6 is 0 Å². The van der Waals surface area contributed by atoms with Crippen LogP contribution in [-0.2, 0) is 12.8 Å². The maximum atomic E-state index is 12.0. The number of benzene rings is 2. The summed E-state index contributed by atoms with van der Waals surface area (Å²) in [6.07, 6.45) is 2.55. The third kappa shape index (κ3) is 3.77. The van der Waals surface area contributed by atoms with E-state index < -0.39 is 0 Å². The fraction of sp³-hybridized carbons (Fsp3) is 0.263. The second-order valence-electron chi connectivity index (χ2n) is 5.53. The third-order valence-electron chi connectivity index (χ3n) is 3.70. The Balaban J connectivity index is 1.72. The first-order valence-electron chi connectivity index (χ1n) is 7.98. The van der Waals surface area contributed by atoms with Gasteiger partial charge in [0, 0.05) is 18.5 Å². The molecule has 1 heterocycles. The van der Waals surface area contributed by atoms with E-state index in [4.69, 9.17) is 4.42 Å². The minimum atomic E-state index is -0.0732. The van der Waals surface area contributed by atoms with Gasteiger partial charge in [-0.25, -0.2) is 4.98 Å². The van der Waals surface area contributed by atoms with E-state index >= 15 is 0 Å². The predicted octanol–water partition coefficient (Wildman–Crippen LogP) is 3.75. The Kier molecular flexibility index (Phi) is 4.71. The average Bonchev–Trinajstić information content (AvgIpc) is 3.00. The Morgan fingerprint density at radius 3 is 2.74 bits per heavy atom. The summed E-state index contributed by atoms with van der Waals surface area (Å²) >= 11 is 0. The number of fused-ring (bicyclic) bond motifs is 1. The number of oxazole rings is 1. The third-order valence-corrected chi connectivity index (χ3v) is 3.70. The number of nitrogens with zero attached hydrogens (tertiary/aromatic N) is 1. The van der Waals surface area contributed by atoms with Gasteiger partial charge in [0.2, 0.25) is 0 Å². The maximum Gasteiger partial charge on any atom is 0.251 e. The highest BCUT2D eigenvalue weighted by molar-refractivity contribution is 5.96. The lowest BCUT2D eigenvalue weighted by Gasteiger charge is -2.02. The summed E-state index contributed by atoms with van der Waals surface area (Å²) in [5.74, 6) is 0.631. The fourth-order valence-corrected chi connectivity index (χ4v) is 2.46. The number of rotatable bonds is 6. The molecule has 23 heavy (non-hydrogen) atoms. The van der Waals surface area contributed by atoms with E-state index in [1.807, 2.05) is 31.2 Å². The highest BCUT2D eigenvalue weighted by Gasteiger charge is 2.10. The quantitative estimate of drug-likeness (QED) is 0.754.